The number of fused-ring (bicyclic) bond motifs is 4. The Kier molecular flexibility index (Phi) is 6.06. The van der Waals surface area contributed by atoms with Crippen LogP contribution in [0.1, 0.15) is 48.9 Å². The molecule has 1 N–H and O–H groups in total. The predicted molar refractivity (Wildman–Crippen MR) is 128 cm³/mol. The number of hydrogen-bond acceptors (Lipinski definition) is 4. The molecular weight excluding hydrogens is 414 g/mol. The van der Waals surface area contributed by atoms with E-state index in [1.165, 1.54) is 17.5 Å². The first-order valence-corrected chi connectivity index (χ1v) is 12.1. The van der Waals surface area contributed by atoms with Gasteiger partial charge in [-0.15, -0.1) is 0 Å². The van der Waals surface area contributed by atoms with Crippen molar-refractivity contribution in [3.63, 3.8) is 0 Å². The van der Waals surface area contributed by atoms with Crippen LogP contribution < -0.4 is 10.1 Å². The molecule has 2 amide bonds. The van der Waals surface area contributed by atoms with Crippen molar-refractivity contribution in [2.24, 2.45) is 5.92 Å². The van der Waals surface area contributed by atoms with Crippen LogP contribution in [-0.4, -0.2) is 55.7 Å². The molecule has 2 aromatic carbocycles. The van der Waals surface area contributed by atoms with E-state index in [4.69, 9.17) is 9.47 Å². The van der Waals surface area contributed by atoms with E-state index in [-0.39, 0.29) is 12.1 Å². The van der Waals surface area contributed by atoms with E-state index in [2.05, 4.69) is 39.4 Å². The van der Waals surface area contributed by atoms with E-state index in [0.29, 0.717) is 12.0 Å². The topological polar surface area (TPSA) is 54.0 Å². The molecule has 3 aliphatic heterocycles. The summed E-state index contributed by atoms with van der Waals surface area (Å²) in [6.07, 6.45) is 4.37. The highest BCUT2D eigenvalue weighted by Gasteiger charge is 2.44. The number of nitrogens with one attached hydrogen (secondary N) is 1. The lowest BCUT2D eigenvalue weighted by atomic mass is 9.77. The van der Waals surface area contributed by atoms with Gasteiger partial charge >= 0.3 is 6.03 Å². The van der Waals surface area contributed by atoms with Gasteiger partial charge in [0, 0.05) is 44.4 Å². The number of rotatable bonds is 4. The van der Waals surface area contributed by atoms with Gasteiger partial charge in [0.15, 0.2) is 5.72 Å². The fourth-order valence-corrected chi connectivity index (χ4v) is 6.08. The largest absolute Gasteiger partial charge is 0.497 e. The van der Waals surface area contributed by atoms with Crippen LogP contribution in [0.4, 0.5) is 4.79 Å². The molecule has 2 aromatic rings. The second-order valence-corrected chi connectivity index (χ2v) is 9.75. The molecule has 2 fully saturated rings. The Morgan fingerprint density at radius 3 is 2.64 bits per heavy atom. The maximum absolute atomic E-state index is 13.6. The number of methoxy groups -OCH3 is 2. The molecule has 0 aromatic heterocycles. The SMILES string of the molecule is COc1ccc([C@](C)(NC(=O)N2CCC[C@@H]3CN4CCc5ccccc5[C@@H]4C[C@@H]32)OC)cc1. The van der Waals surface area contributed by atoms with Crippen molar-refractivity contribution in [3.8, 4) is 5.75 Å². The minimum Gasteiger partial charge on any atom is -0.497 e. The van der Waals surface area contributed by atoms with Gasteiger partial charge in [-0.1, -0.05) is 36.4 Å². The highest BCUT2D eigenvalue weighted by Crippen LogP contribution is 2.43. The minimum atomic E-state index is -0.908. The molecule has 3 heterocycles. The average Bonchev–Trinajstić information content (AvgIpc) is 2.87. The zero-order valence-electron chi connectivity index (χ0n) is 19.9. The zero-order chi connectivity index (χ0) is 23.0. The van der Waals surface area contributed by atoms with Crippen molar-refractivity contribution in [2.45, 2.75) is 50.4 Å². The molecule has 0 aliphatic carbocycles. The number of urea groups is 1. The summed E-state index contributed by atoms with van der Waals surface area (Å²) >= 11 is 0. The average molecular weight is 450 g/mol. The van der Waals surface area contributed by atoms with Crippen LogP contribution >= 0.6 is 0 Å². The summed E-state index contributed by atoms with van der Waals surface area (Å²) in [5.74, 6) is 1.31. The van der Waals surface area contributed by atoms with Crippen molar-refractivity contribution in [2.75, 3.05) is 33.9 Å². The van der Waals surface area contributed by atoms with Crippen LogP contribution in [0.5, 0.6) is 5.75 Å². The van der Waals surface area contributed by atoms with Crippen molar-refractivity contribution in [1.29, 1.82) is 0 Å². The fraction of sp³-hybridized carbons (Fsp3) is 0.519. The van der Waals surface area contributed by atoms with E-state index >= 15 is 0 Å². The molecule has 6 nitrogen and oxygen atoms in total. The summed E-state index contributed by atoms with van der Waals surface area (Å²) in [6, 6.07) is 17.1. The molecule has 33 heavy (non-hydrogen) atoms. The standard InChI is InChI=1S/C27H35N3O3/c1-27(33-3,21-10-12-22(32-2)13-11-21)28-26(31)30-15-6-8-20-18-29-16-14-19-7-4-5-9-23(19)25(29)17-24(20)30/h4-5,7,9-13,20,24-25H,6,8,14-18H2,1-3H3,(H,28,31)/t20-,24+,25+,27-/m1/s1. The van der Waals surface area contributed by atoms with Crippen molar-refractivity contribution in [1.82, 2.24) is 15.1 Å². The number of piperidine rings is 2. The molecule has 176 valence electrons. The molecular formula is C27H35N3O3. The first-order valence-electron chi connectivity index (χ1n) is 12.1. The van der Waals surface area contributed by atoms with Crippen LogP contribution in [0.2, 0.25) is 0 Å². The summed E-state index contributed by atoms with van der Waals surface area (Å²) in [7, 11) is 3.29. The van der Waals surface area contributed by atoms with Gasteiger partial charge in [0.05, 0.1) is 7.11 Å². The van der Waals surface area contributed by atoms with Crippen molar-refractivity contribution in [3.05, 3.63) is 65.2 Å². The third-order valence-electron chi connectivity index (χ3n) is 8.03. The van der Waals surface area contributed by atoms with Crippen LogP contribution in [0, 0.1) is 5.92 Å². The lowest BCUT2D eigenvalue weighted by Crippen LogP contribution is -2.61. The Morgan fingerprint density at radius 2 is 1.88 bits per heavy atom. The second-order valence-electron chi connectivity index (χ2n) is 9.75. The number of carbonyl (C=O) groups is 1. The highest BCUT2D eigenvalue weighted by molar-refractivity contribution is 5.75. The van der Waals surface area contributed by atoms with Crippen LogP contribution in [0.15, 0.2) is 48.5 Å². The Morgan fingerprint density at radius 1 is 1.09 bits per heavy atom. The van der Waals surface area contributed by atoms with E-state index in [1.807, 2.05) is 31.2 Å². The zero-order valence-corrected chi connectivity index (χ0v) is 19.9. The fourth-order valence-electron chi connectivity index (χ4n) is 6.08. The third kappa shape index (κ3) is 4.11. The first-order chi connectivity index (χ1) is 16.0. The summed E-state index contributed by atoms with van der Waals surface area (Å²) in [6.45, 7) is 4.90. The van der Waals surface area contributed by atoms with Gasteiger partial charge in [0.2, 0.25) is 0 Å². The normalized spacial score (nSPS) is 26.4. The summed E-state index contributed by atoms with van der Waals surface area (Å²) in [5.41, 5.74) is 2.90. The molecule has 0 saturated carbocycles. The van der Waals surface area contributed by atoms with Gasteiger partial charge in [-0.3, -0.25) is 4.90 Å². The molecule has 5 rings (SSSR count). The Labute approximate surface area is 196 Å². The number of nitrogens with zero attached hydrogens (tertiary/aromatic N) is 2. The van der Waals surface area contributed by atoms with Gasteiger partial charge in [0.1, 0.15) is 5.75 Å². The van der Waals surface area contributed by atoms with Gasteiger partial charge < -0.3 is 19.7 Å². The lowest BCUT2D eigenvalue weighted by molar-refractivity contribution is -0.0332. The summed E-state index contributed by atoms with van der Waals surface area (Å²) in [5, 5.41) is 3.20. The van der Waals surface area contributed by atoms with Crippen LogP contribution in [-0.2, 0) is 16.9 Å². The first kappa shape index (κ1) is 22.2. The van der Waals surface area contributed by atoms with Crippen molar-refractivity contribution < 1.29 is 14.3 Å². The summed E-state index contributed by atoms with van der Waals surface area (Å²) in [4.78, 5) is 18.4. The molecule has 2 saturated heterocycles. The molecule has 0 unspecified atom stereocenters. The highest BCUT2D eigenvalue weighted by atomic mass is 16.5. The van der Waals surface area contributed by atoms with Gasteiger partial charge in [-0.2, -0.15) is 0 Å². The lowest BCUT2D eigenvalue weighted by Gasteiger charge is -2.52. The summed E-state index contributed by atoms with van der Waals surface area (Å²) < 4.78 is 11.1. The second kappa shape index (κ2) is 8.99. The molecule has 0 radical (unpaired) electrons. The number of ether oxygens (including phenoxy) is 2. The van der Waals surface area contributed by atoms with Gasteiger partial charge in [-0.05, 0) is 61.8 Å². The number of likely N-dealkylation sites (tertiary alicyclic amines) is 1. The molecule has 0 spiro atoms. The minimum absolute atomic E-state index is 0.0394. The van der Waals surface area contributed by atoms with E-state index in [9.17, 15) is 4.79 Å². The molecule has 4 atom stereocenters. The maximum Gasteiger partial charge on any atom is 0.320 e. The van der Waals surface area contributed by atoms with Gasteiger partial charge in [-0.25, -0.2) is 4.79 Å². The maximum atomic E-state index is 13.6. The number of carbonyl (C=O) groups excluding carboxylic acids is 1. The van der Waals surface area contributed by atoms with E-state index in [1.54, 1.807) is 14.2 Å². The van der Waals surface area contributed by atoms with E-state index < -0.39 is 5.72 Å². The Balaban J connectivity index is 1.36. The number of benzene rings is 2. The third-order valence-corrected chi connectivity index (χ3v) is 8.03. The Bertz CT molecular complexity index is 994. The molecule has 6 heteroatoms. The smallest absolute Gasteiger partial charge is 0.320 e. The molecule has 0 bridgehead atoms. The van der Waals surface area contributed by atoms with Crippen LogP contribution in [0.25, 0.3) is 0 Å². The quantitative estimate of drug-likeness (QED) is 0.707. The number of amides is 2. The Hall–Kier alpha value is -2.57. The molecule has 3 aliphatic rings. The van der Waals surface area contributed by atoms with E-state index in [0.717, 1.165) is 50.2 Å². The monoisotopic (exact) mass is 449 g/mol. The van der Waals surface area contributed by atoms with Crippen LogP contribution in [0.3, 0.4) is 0 Å². The van der Waals surface area contributed by atoms with Crippen molar-refractivity contribution >= 4 is 6.03 Å². The number of hydrogen-bond donors (Lipinski definition) is 1. The van der Waals surface area contributed by atoms with Gasteiger partial charge in [0.25, 0.3) is 0 Å². The predicted octanol–water partition coefficient (Wildman–Crippen LogP) is 4.31.